The minimum atomic E-state index is 0.103. The molecule has 2 N–H and O–H groups in total. The van der Waals surface area contributed by atoms with Crippen LogP contribution < -0.4 is 10.6 Å². The van der Waals surface area contributed by atoms with E-state index in [0.29, 0.717) is 17.8 Å². The standard InChI is InChI=1S/C13H19N7/c1-3-14-10-16-11(19-13(2)6-4-7-13)18-12(17-10)20-9-5-8-15-20/h5,8-9H,3-4,6-7H2,1-2H3,(H2,14,16,17,18,19). The summed E-state index contributed by atoms with van der Waals surface area (Å²) in [4.78, 5) is 13.2. The summed E-state index contributed by atoms with van der Waals surface area (Å²) in [6, 6.07) is 1.84. The molecule has 2 aromatic heterocycles. The van der Waals surface area contributed by atoms with Gasteiger partial charge >= 0.3 is 0 Å². The molecule has 0 bridgehead atoms. The van der Waals surface area contributed by atoms with Gasteiger partial charge in [0.1, 0.15) is 0 Å². The van der Waals surface area contributed by atoms with Gasteiger partial charge in [0.15, 0.2) is 0 Å². The van der Waals surface area contributed by atoms with E-state index in [2.05, 4.69) is 37.6 Å². The van der Waals surface area contributed by atoms with Crippen LogP contribution in [0, 0.1) is 0 Å². The monoisotopic (exact) mass is 273 g/mol. The molecule has 1 saturated carbocycles. The first-order chi connectivity index (χ1) is 9.68. The molecule has 0 spiro atoms. The van der Waals surface area contributed by atoms with Crippen LogP contribution in [0.4, 0.5) is 11.9 Å². The van der Waals surface area contributed by atoms with Crippen molar-refractivity contribution in [2.75, 3.05) is 17.2 Å². The van der Waals surface area contributed by atoms with Crippen LogP contribution in [-0.4, -0.2) is 36.8 Å². The predicted molar refractivity (Wildman–Crippen MR) is 77.0 cm³/mol. The molecule has 1 aliphatic rings. The summed E-state index contributed by atoms with van der Waals surface area (Å²) in [5.74, 6) is 1.69. The number of hydrogen-bond acceptors (Lipinski definition) is 6. The molecule has 3 rings (SSSR count). The molecule has 20 heavy (non-hydrogen) atoms. The molecule has 0 amide bonds. The highest BCUT2D eigenvalue weighted by Gasteiger charge is 2.32. The van der Waals surface area contributed by atoms with E-state index in [4.69, 9.17) is 0 Å². The number of nitrogens with one attached hydrogen (secondary N) is 2. The zero-order valence-corrected chi connectivity index (χ0v) is 11.8. The fraction of sp³-hybridized carbons (Fsp3) is 0.538. The summed E-state index contributed by atoms with van der Waals surface area (Å²) >= 11 is 0. The summed E-state index contributed by atoms with van der Waals surface area (Å²) in [5.41, 5.74) is 0.103. The Bertz CT molecular complexity index is 574. The Kier molecular flexibility index (Phi) is 3.25. The lowest BCUT2D eigenvalue weighted by molar-refractivity contribution is 0.304. The predicted octanol–water partition coefficient (Wildman–Crippen LogP) is 1.84. The summed E-state index contributed by atoms with van der Waals surface area (Å²) in [6.45, 7) is 4.97. The molecular weight excluding hydrogens is 254 g/mol. The lowest BCUT2D eigenvalue weighted by Gasteiger charge is -2.39. The topological polar surface area (TPSA) is 80.5 Å². The fourth-order valence-electron chi connectivity index (χ4n) is 2.25. The van der Waals surface area contributed by atoms with Gasteiger partial charge in [-0.25, -0.2) is 4.68 Å². The van der Waals surface area contributed by atoms with Crippen LogP contribution in [0.2, 0.25) is 0 Å². The lowest BCUT2D eigenvalue weighted by atomic mass is 9.79. The van der Waals surface area contributed by atoms with Gasteiger partial charge in [-0.1, -0.05) is 0 Å². The second kappa shape index (κ2) is 5.07. The number of aromatic nitrogens is 5. The van der Waals surface area contributed by atoms with Crippen molar-refractivity contribution in [3.05, 3.63) is 18.5 Å². The Hall–Kier alpha value is -2.18. The van der Waals surface area contributed by atoms with Crippen LogP contribution in [0.1, 0.15) is 33.1 Å². The molecule has 0 radical (unpaired) electrons. The number of anilines is 2. The van der Waals surface area contributed by atoms with Crippen LogP contribution in [0.5, 0.6) is 0 Å². The van der Waals surface area contributed by atoms with Crippen LogP contribution in [0.15, 0.2) is 18.5 Å². The number of nitrogens with zero attached hydrogens (tertiary/aromatic N) is 5. The van der Waals surface area contributed by atoms with Gasteiger partial charge in [0.25, 0.3) is 5.95 Å². The van der Waals surface area contributed by atoms with Crippen molar-refractivity contribution >= 4 is 11.9 Å². The van der Waals surface area contributed by atoms with Gasteiger partial charge in [-0.05, 0) is 39.2 Å². The van der Waals surface area contributed by atoms with E-state index in [1.54, 1.807) is 10.9 Å². The van der Waals surface area contributed by atoms with Gasteiger partial charge in [-0.2, -0.15) is 20.1 Å². The number of hydrogen-bond donors (Lipinski definition) is 2. The van der Waals surface area contributed by atoms with Crippen LogP contribution in [0.25, 0.3) is 5.95 Å². The van der Waals surface area contributed by atoms with Crippen LogP contribution >= 0.6 is 0 Å². The number of rotatable bonds is 5. The van der Waals surface area contributed by atoms with E-state index >= 15 is 0 Å². The van der Waals surface area contributed by atoms with E-state index in [1.165, 1.54) is 6.42 Å². The van der Waals surface area contributed by atoms with Gasteiger partial charge in [-0.15, -0.1) is 0 Å². The molecule has 106 valence electrons. The molecule has 0 aromatic carbocycles. The molecule has 2 aromatic rings. The first kappa shape index (κ1) is 12.8. The summed E-state index contributed by atoms with van der Waals surface area (Å²) in [6.07, 6.45) is 7.07. The summed E-state index contributed by atoms with van der Waals surface area (Å²) in [7, 11) is 0. The Labute approximate surface area is 117 Å². The van der Waals surface area contributed by atoms with Crippen molar-refractivity contribution in [3.63, 3.8) is 0 Å². The average Bonchev–Trinajstić information content (AvgIpc) is 2.91. The van der Waals surface area contributed by atoms with Crippen molar-refractivity contribution in [2.45, 2.75) is 38.6 Å². The Balaban J connectivity index is 1.92. The molecule has 2 heterocycles. The molecule has 0 saturated heterocycles. The van der Waals surface area contributed by atoms with Crippen molar-refractivity contribution in [3.8, 4) is 5.95 Å². The van der Waals surface area contributed by atoms with Crippen molar-refractivity contribution in [1.29, 1.82) is 0 Å². The molecule has 7 nitrogen and oxygen atoms in total. The second-order valence-corrected chi connectivity index (χ2v) is 5.30. The van der Waals surface area contributed by atoms with Crippen molar-refractivity contribution < 1.29 is 0 Å². The maximum absolute atomic E-state index is 4.45. The van der Waals surface area contributed by atoms with E-state index in [9.17, 15) is 0 Å². The Morgan fingerprint density at radius 2 is 2.05 bits per heavy atom. The fourth-order valence-corrected chi connectivity index (χ4v) is 2.25. The quantitative estimate of drug-likeness (QED) is 0.865. The van der Waals surface area contributed by atoms with E-state index in [-0.39, 0.29) is 5.54 Å². The highest BCUT2D eigenvalue weighted by molar-refractivity contribution is 5.40. The molecule has 1 aliphatic carbocycles. The van der Waals surface area contributed by atoms with E-state index in [0.717, 1.165) is 19.4 Å². The first-order valence-electron chi connectivity index (χ1n) is 6.97. The molecule has 1 fully saturated rings. The zero-order valence-electron chi connectivity index (χ0n) is 11.8. The molecule has 0 atom stereocenters. The molecule has 0 unspecified atom stereocenters. The first-order valence-corrected chi connectivity index (χ1v) is 6.97. The van der Waals surface area contributed by atoms with Crippen molar-refractivity contribution in [2.24, 2.45) is 0 Å². The smallest absolute Gasteiger partial charge is 0.257 e. The third kappa shape index (κ3) is 2.56. The summed E-state index contributed by atoms with van der Waals surface area (Å²) < 4.78 is 1.64. The van der Waals surface area contributed by atoms with Crippen LogP contribution in [0.3, 0.4) is 0 Å². The van der Waals surface area contributed by atoms with Gasteiger partial charge < -0.3 is 10.6 Å². The Morgan fingerprint density at radius 1 is 1.25 bits per heavy atom. The highest BCUT2D eigenvalue weighted by Crippen LogP contribution is 2.33. The minimum absolute atomic E-state index is 0.103. The maximum Gasteiger partial charge on any atom is 0.257 e. The minimum Gasteiger partial charge on any atom is -0.354 e. The SMILES string of the molecule is CCNc1nc(NC2(C)CCC2)nc(-n2cccn2)n1. The van der Waals surface area contributed by atoms with Gasteiger partial charge in [0.2, 0.25) is 11.9 Å². The molecular formula is C13H19N7. The third-order valence-electron chi connectivity index (χ3n) is 3.54. The van der Waals surface area contributed by atoms with Gasteiger partial charge in [0.05, 0.1) is 0 Å². The van der Waals surface area contributed by atoms with Crippen molar-refractivity contribution in [1.82, 2.24) is 24.7 Å². The van der Waals surface area contributed by atoms with E-state index in [1.807, 2.05) is 19.2 Å². The average molecular weight is 273 g/mol. The molecule has 0 aliphatic heterocycles. The Morgan fingerprint density at radius 3 is 2.65 bits per heavy atom. The normalized spacial score (nSPS) is 16.5. The highest BCUT2D eigenvalue weighted by atomic mass is 15.4. The van der Waals surface area contributed by atoms with Gasteiger partial charge in [0, 0.05) is 24.5 Å². The largest absolute Gasteiger partial charge is 0.354 e. The van der Waals surface area contributed by atoms with Gasteiger partial charge in [-0.3, -0.25) is 0 Å². The van der Waals surface area contributed by atoms with E-state index < -0.39 is 0 Å². The summed E-state index contributed by atoms with van der Waals surface area (Å²) in [5, 5.41) is 10.7. The van der Waals surface area contributed by atoms with Crippen LogP contribution in [-0.2, 0) is 0 Å². The second-order valence-electron chi connectivity index (χ2n) is 5.30. The lowest BCUT2D eigenvalue weighted by Crippen LogP contribution is -2.42. The molecule has 7 heteroatoms. The maximum atomic E-state index is 4.45. The third-order valence-corrected chi connectivity index (χ3v) is 3.54. The zero-order chi connectivity index (χ0) is 14.0.